The molecule has 0 rings (SSSR count). The van der Waals surface area contributed by atoms with Crippen molar-refractivity contribution in [3.8, 4) is 0 Å². The molecule has 0 amide bonds. The highest BCUT2D eigenvalue weighted by Crippen LogP contribution is 2.06. The Bertz CT molecular complexity index is 208. The van der Waals surface area contributed by atoms with Crippen LogP contribution in [-0.2, 0) is 9.53 Å². The zero-order valence-corrected chi connectivity index (χ0v) is 12.0. The van der Waals surface area contributed by atoms with Gasteiger partial charge in [-0.15, -0.1) is 0 Å². The zero-order chi connectivity index (χ0) is 13.3. The summed E-state index contributed by atoms with van der Waals surface area (Å²) in [5.41, 5.74) is -0.389. The first-order chi connectivity index (χ1) is 7.89. The second kappa shape index (κ2) is 8.48. The van der Waals surface area contributed by atoms with E-state index >= 15 is 0 Å². The number of nitrogens with one attached hydrogen (secondary N) is 1. The third-order valence-corrected chi connectivity index (χ3v) is 2.41. The lowest BCUT2D eigenvalue weighted by Gasteiger charge is -2.20. The van der Waals surface area contributed by atoms with Gasteiger partial charge in [-0.25, -0.2) is 0 Å². The van der Waals surface area contributed by atoms with Crippen LogP contribution >= 0.6 is 0 Å². The SMILES string of the molecule is CCN(CC)CCCNCC(=O)OC(C)(C)C. The molecule has 0 saturated carbocycles. The summed E-state index contributed by atoms with van der Waals surface area (Å²) >= 11 is 0. The Balaban J connectivity index is 3.49. The maximum atomic E-state index is 11.4. The summed E-state index contributed by atoms with van der Waals surface area (Å²) in [5.74, 6) is -0.180. The van der Waals surface area contributed by atoms with Gasteiger partial charge in [-0.2, -0.15) is 0 Å². The maximum absolute atomic E-state index is 11.4. The van der Waals surface area contributed by atoms with Gasteiger partial charge in [0, 0.05) is 0 Å². The fraction of sp³-hybridized carbons (Fsp3) is 0.923. The van der Waals surface area contributed by atoms with E-state index in [2.05, 4.69) is 24.1 Å². The molecule has 0 aromatic carbocycles. The Labute approximate surface area is 106 Å². The van der Waals surface area contributed by atoms with Gasteiger partial charge >= 0.3 is 5.97 Å². The number of ether oxygens (including phenoxy) is 1. The monoisotopic (exact) mass is 244 g/mol. The van der Waals surface area contributed by atoms with Crippen LogP contribution < -0.4 is 5.32 Å². The van der Waals surface area contributed by atoms with Gasteiger partial charge in [-0.3, -0.25) is 4.79 Å². The summed E-state index contributed by atoms with van der Waals surface area (Å²) in [6.07, 6.45) is 1.06. The fourth-order valence-corrected chi connectivity index (χ4v) is 1.54. The number of carbonyl (C=O) groups is 1. The van der Waals surface area contributed by atoms with E-state index in [1.807, 2.05) is 20.8 Å². The van der Waals surface area contributed by atoms with Gasteiger partial charge < -0.3 is 15.0 Å². The second-order valence-electron chi connectivity index (χ2n) is 5.14. The Hall–Kier alpha value is -0.610. The Morgan fingerprint density at radius 2 is 1.82 bits per heavy atom. The molecule has 0 spiro atoms. The fourth-order valence-electron chi connectivity index (χ4n) is 1.54. The van der Waals surface area contributed by atoms with Crippen molar-refractivity contribution in [1.29, 1.82) is 0 Å². The molecule has 0 aromatic heterocycles. The summed E-state index contributed by atoms with van der Waals surface area (Å²) in [6, 6.07) is 0. The van der Waals surface area contributed by atoms with Crippen LogP contribution in [0.2, 0.25) is 0 Å². The number of carbonyl (C=O) groups excluding carboxylic acids is 1. The number of esters is 1. The molecule has 0 aliphatic rings. The minimum absolute atomic E-state index is 0.180. The van der Waals surface area contributed by atoms with E-state index < -0.39 is 0 Å². The summed E-state index contributed by atoms with van der Waals surface area (Å²) in [4.78, 5) is 13.7. The third-order valence-electron chi connectivity index (χ3n) is 2.41. The molecule has 4 heteroatoms. The molecular weight excluding hydrogens is 216 g/mol. The van der Waals surface area contributed by atoms with Crippen LogP contribution in [0.4, 0.5) is 0 Å². The molecule has 0 radical (unpaired) electrons. The largest absolute Gasteiger partial charge is 0.459 e. The van der Waals surface area contributed by atoms with E-state index in [0.29, 0.717) is 6.54 Å². The van der Waals surface area contributed by atoms with Crippen LogP contribution in [0, 0.1) is 0 Å². The van der Waals surface area contributed by atoms with Crippen LogP contribution in [0.5, 0.6) is 0 Å². The predicted molar refractivity (Wildman–Crippen MR) is 71.1 cm³/mol. The van der Waals surface area contributed by atoms with Gasteiger partial charge in [0.15, 0.2) is 0 Å². The minimum atomic E-state index is -0.389. The Kier molecular flexibility index (Phi) is 8.17. The highest BCUT2D eigenvalue weighted by Gasteiger charge is 2.15. The van der Waals surface area contributed by atoms with Crippen molar-refractivity contribution in [3.05, 3.63) is 0 Å². The molecule has 0 aliphatic heterocycles. The summed E-state index contributed by atoms with van der Waals surface area (Å²) in [5, 5.41) is 3.11. The lowest BCUT2D eigenvalue weighted by molar-refractivity contribution is -0.153. The topological polar surface area (TPSA) is 41.6 Å². The van der Waals surface area contributed by atoms with Crippen molar-refractivity contribution < 1.29 is 9.53 Å². The molecule has 4 nitrogen and oxygen atoms in total. The van der Waals surface area contributed by atoms with Gasteiger partial charge in [0.2, 0.25) is 0 Å². The summed E-state index contributed by atoms with van der Waals surface area (Å²) in [7, 11) is 0. The smallest absolute Gasteiger partial charge is 0.320 e. The Morgan fingerprint density at radius 3 is 2.29 bits per heavy atom. The number of hydrogen-bond donors (Lipinski definition) is 1. The first-order valence-corrected chi connectivity index (χ1v) is 6.54. The molecule has 0 atom stereocenters. The van der Waals surface area contributed by atoms with Crippen LogP contribution in [0.15, 0.2) is 0 Å². The van der Waals surface area contributed by atoms with E-state index in [9.17, 15) is 4.79 Å². The first kappa shape index (κ1) is 16.4. The van der Waals surface area contributed by atoms with E-state index in [-0.39, 0.29) is 11.6 Å². The molecule has 17 heavy (non-hydrogen) atoms. The standard InChI is InChI=1S/C13H28N2O2/c1-6-15(7-2)10-8-9-14-11-12(16)17-13(3,4)5/h14H,6-11H2,1-5H3. The van der Waals surface area contributed by atoms with Gasteiger partial charge in [0.05, 0.1) is 6.54 Å². The highest BCUT2D eigenvalue weighted by atomic mass is 16.6. The molecule has 0 aromatic rings. The first-order valence-electron chi connectivity index (χ1n) is 6.54. The highest BCUT2D eigenvalue weighted by molar-refractivity contribution is 5.72. The third kappa shape index (κ3) is 10.3. The normalized spacial score (nSPS) is 11.9. The predicted octanol–water partition coefficient (Wildman–Crippen LogP) is 1.65. The molecule has 0 aliphatic carbocycles. The molecule has 0 unspecified atom stereocenters. The van der Waals surface area contributed by atoms with Crippen molar-refractivity contribution in [2.75, 3.05) is 32.7 Å². The van der Waals surface area contributed by atoms with E-state index in [4.69, 9.17) is 4.74 Å². The average Bonchev–Trinajstić information content (AvgIpc) is 2.21. The van der Waals surface area contributed by atoms with E-state index in [1.54, 1.807) is 0 Å². The van der Waals surface area contributed by atoms with Crippen molar-refractivity contribution in [3.63, 3.8) is 0 Å². The van der Waals surface area contributed by atoms with Crippen molar-refractivity contribution in [1.82, 2.24) is 10.2 Å². The lowest BCUT2D eigenvalue weighted by atomic mass is 10.2. The lowest BCUT2D eigenvalue weighted by Crippen LogP contribution is -2.33. The summed E-state index contributed by atoms with van der Waals surface area (Å²) < 4.78 is 5.20. The number of hydrogen-bond acceptors (Lipinski definition) is 4. The minimum Gasteiger partial charge on any atom is -0.459 e. The van der Waals surface area contributed by atoms with Crippen LogP contribution in [-0.4, -0.2) is 49.2 Å². The quantitative estimate of drug-likeness (QED) is 0.521. The average molecular weight is 244 g/mol. The second-order valence-corrected chi connectivity index (χ2v) is 5.14. The molecule has 0 saturated heterocycles. The van der Waals surface area contributed by atoms with Crippen molar-refractivity contribution >= 4 is 5.97 Å². The van der Waals surface area contributed by atoms with Gasteiger partial charge in [0.25, 0.3) is 0 Å². The van der Waals surface area contributed by atoms with E-state index in [0.717, 1.165) is 32.6 Å². The Morgan fingerprint density at radius 1 is 1.24 bits per heavy atom. The van der Waals surface area contributed by atoms with Crippen LogP contribution in [0.3, 0.4) is 0 Å². The van der Waals surface area contributed by atoms with Crippen molar-refractivity contribution in [2.45, 2.75) is 46.6 Å². The number of rotatable bonds is 8. The van der Waals surface area contributed by atoms with Gasteiger partial charge in [0.1, 0.15) is 5.60 Å². The molecule has 0 bridgehead atoms. The van der Waals surface area contributed by atoms with Gasteiger partial charge in [-0.05, 0) is 53.4 Å². The van der Waals surface area contributed by atoms with Crippen molar-refractivity contribution in [2.24, 2.45) is 0 Å². The van der Waals surface area contributed by atoms with E-state index in [1.165, 1.54) is 0 Å². The molecule has 102 valence electrons. The number of nitrogens with zero attached hydrogens (tertiary/aromatic N) is 1. The maximum Gasteiger partial charge on any atom is 0.320 e. The van der Waals surface area contributed by atoms with Crippen LogP contribution in [0.1, 0.15) is 41.0 Å². The zero-order valence-electron chi connectivity index (χ0n) is 12.0. The molecular formula is C13H28N2O2. The molecule has 0 heterocycles. The molecule has 0 fully saturated rings. The van der Waals surface area contributed by atoms with Gasteiger partial charge in [-0.1, -0.05) is 13.8 Å². The summed E-state index contributed by atoms with van der Waals surface area (Å²) in [6.45, 7) is 14.4. The van der Waals surface area contributed by atoms with Crippen LogP contribution in [0.25, 0.3) is 0 Å². The molecule has 1 N–H and O–H groups in total.